The van der Waals surface area contributed by atoms with E-state index in [4.69, 9.17) is 17.3 Å². The van der Waals surface area contributed by atoms with Crippen molar-refractivity contribution in [3.05, 3.63) is 34.9 Å². The number of likely N-dealkylation sites (N-methyl/N-ethyl adjacent to an activating group) is 1. The molecule has 1 aromatic rings. The molecule has 3 heteroatoms. The molecule has 0 radical (unpaired) electrons. The number of halogens is 1. The van der Waals surface area contributed by atoms with Gasteiger partial charge in [-0.25, -0.2) is 0 Å². The second-order valence-corrected chi connectivity index (χ2v) is 4.18. The lowest BCUT2D eigenvalue weighted by molar-refractivity contribution is 0.375. The fourth-order valence-corrected chi connectivity index (χ4v) is 1.62. The number of benzene rings is 1. The lowest BCUT2D eigenvalue weighted by Gasteiger charge is -2.19. The van der Waals surface area contributed by atoms with Crippen molar-refractivity contribution < 1.29 is 0 Å². The molecule has 0 bridgehead atoms. The van der Waals surface area contributed by atoms with Crippen molar-refractivity contribution in [3.63, 3.8) is 0 Å². The zero-order chi connectivity index (χ0) is 10.6. The maximum Gasteiger partial charge on any atom is 0.0406 e. The number of hydrogen-bond donors (Lipinski definition) is 1. The molecule has 2 N–H and O–H groups in total. The minimum atomic E-state index is 0.391. The first-order valence-corrected chi connectivity index (χ1v) is 5.11. The summed E-state index contributed by atoms with van der Waals surface area (Å²) in [6.45, 7) is 1.64. The number of hydrogen-bond acceptors (Lipinski definition) is 2. The van der Waals surface area contributed by atoms with Gasteiger partial charge in [-0.05, 0) is 31.8 Å². The van der Waals surface area contributed by atoms with Gasteiger partial charge < -0.3 is 10.6 Å². The first-order valence-electron chi connectivity index (χ1n) is 4.73. The maximum atomic E-state index is 5.82. The highest BCUT2D eigenvalue weighted by molar-refractivity contribution is 6.30. The predicted molar refractivity (Wildman–Crippen MR) is 61.8 cm³/mol. The van der Waals surface area contributed by atoms with Crippen LogP contribution in [0, 0.1) is 0 Å². The third-order valence-electron chi connectivity index (χ3n) is 2.21. The smallest absolute Gasteiger partial charge is 0.0406 e. The molecule has 14 heavy (non-hydrogen) atoms. The minimum absolute atomic E-state index is 0.391. The van der Waals surface area contributed by atoms with E-state index in [1.54, 1.807) is 0 Å². The third-order valence-corrected chi connectivity index (χ3v) is 2.46. The topological polar surface area (TPSA) is 29.3 Å². The zero-order valence-electron chi connectivity index (χ0n) is 8.70. The second kappa shape index (κ2) is 5.35. The molecule has 0 heterocycles. The first kappa shape index (κ1) is 11.5. The highest BCUT2D eigenvalue weighted by atomic mass is 35.5. The van der Waals surface area contributed by atoms with Crippen molar-refractivity contribution >= 4 is 11.6 Å². The lowest BCUT2D eigenvalue weighted by Crippen LogP contribution is -2.25. The third kappa shape index (κ3) is 3.29. The normalized spacial score (nSPS) is 13.2. The van der Waals surface area contributed by atoms with Gasteiger partial charge in [0.25, 0.3) is 0 Å². The first-order chi connectivity index (χ1) is 6.63. The monoisotopic (exact) mass is 212 g/mol. The van der Waals surface area contributed by atoms with Gasteiger partial charge in [0.1, 0.15) is 0 Å². The average molecular weight is 213 g/mol. The van der Waals surface area contributed by atoms with Gasteiger partial charge in [-0.2, -0.15) is 0 Å². The Bertz CT molecular complexity index is 269. The molecule has 0 aliphatic rings. The average Bonchev–Trinajstić information content (AvgIpc) is 2.15. The molecule has 0 saturated carbocycles. The summed E-state index contributed by atoms with van der Waals surface area (Å²) in [6, 6.07) is 7.91. The second-order valence-electron chi connectivity index (χ2n) is 3.75. The fourth-order valence-electron chi connectivity index (χ4n) is 1.49. The zero-order valence-corrected chi connectivity index (χ0v) is 9.46. The van der Waals surface area contributed by atoms with E-state index in [1.165, 1.54) is 5.56 Å². The van der Waals surface area contributed by atoms with E-state index >= 15 is 0 Å². The Balaban J connectivity index is 2.73. The summed E-state index contributed by atoms with van der Waals surface area (Å²) in [5.41, 5.74) is 6.99. The van der Waals surface area contributed by atoms with Gasteiger partial charge in [0.05, 0.1) is 0 Å². The standard InChI is InChI=1S/C11H17ClN2/c1-14(2)8-10(7-13)9-3-5-11(12)6-4-9/h3-6,10H,7-8,13H2,1-2H3. The Labute approximate surface area is 90.7 Å². The van der Waals surface area contributed by atoms with Gasteiger partial charge in [-0.1, -0.05) is 23.7 Å². The number of rotatable bonds is 4. The van der Waals surface area contributed by atoms with Crippen LogP contribution in [0.4, 0.5) is 0 Å². The highest BCUT2D eigenvalue weighted by Gasteiger charge is 2.10. The minimum Gasteiger partial charge on any atom is -0.330 e. The Morgan fingerprint density at radius 3 is 2.29 bits per heavy atom. The van der Waals surface area contributed by atoms with E-state index in [2.05, 4.69) is 19.0 Å². The van der Waals surface area contributed by atoms with E-state index < -0.39 is 0 Å². The summed E-state index contributed by atoms with van der Waals surface area (Å²) >= 11 is 5.82. The maximum absolute atomic E-state index is 5.82. The van der Waals surface area contributed by atoms with E-state index in [9.17, 15) is 0 Å². The van der Waals surface area contributed by atoms with Gasteiger partial charge >= 0.3 is 0 Å². The van der Waals surface area contributed by atoms with Crippen molar-refractivity contribution in [1.29, 1.82) is 0 Å². The van der Waals surface area contributed by atoms with Crippen LogP contribution >= 0.6 is 11.6 Å². The molecule has 0 spiro atoms. The molecule has 0 amide bonds. The molecular formula is C11H17ClN2. The van der Waals surface area contributed by atoms with Gasteiger partial charge in [0, 0.05) is 24.0 Å². The SMILES string of the molecule is CN(C)CC(CN)c1ccc(Cl)cc1. The molecule has 2 nitrogen and oxygen atoms in total. The van der Waals surface area contributed by atoms with Crippen LogP contribution in [0.15, 0.2) is 24.3 Å². The Kier molecular flexibility index (Phi) is 4.39. The molecule has 1 unspecified atom stereocenters. The Morgan fingerprint density at radius 2 is 1.86 bits per heavy atom. The van der Waals surface area contributed by atoms with Crippen LogP contribution in [0.2, 0.25) is 5.02 Å². The molecule has 0 fully saturated rings. The van der Waals surface area contributed by atoms with E-state index in [-0.39, 0.29) is 0 Å². The molecular weight excluding hydrogens is 196 g/mol. The van der Waals surface area contributed by atoms with Gasteiger partial charge in [0.2, 0.25) is 0 Å². The molecule has 0 aliphatic carbocycles. The van der Waals surface area contributed by atoms with Crippen LogP contribution in [0.25, 0.3) is 0 Å². The van der Waals surface area contributed by atoms with E-state index in [0.717, 1.165) is 11.6 Å². The van der Waals surface area contributed by atoms with Crippen molar-refractivity contribution in [1.82, 2.24) is 4.90 Å². The van der Waals surface area contributed by atoms with Gasteiger partial charge in [-0.15, -0.1) is 0 Å². The quantitative estimate of drug-likeness (QED) is 0.827. The molecule has 1 aromatic carbocycles. The summed E-state index contributed by atoms with van der Waals surface area (Å²) in [5, 5.41) is 0.773. The molecule has 78 valence electrons. The summed E-state index contributed by atoms with van der Waals surface area (Å²) < 4.78 is 0. The molecule has 0 aliphatic heterocycles. The van der Waals surface area contributed by atoms with Crippen LogP contribution in [0.5, 0.6) is 0 Å². The van der Waals surface area contributed by atoms with Crippen molar-refractivity contribution in [2.75, 3.05) is 27.2 Å². The van der Waals surface area contributed by atoms with Crippen molar-refractivity contribution in [2.24, 2.45) is 5.73 Å². The van der Waals surface area contributed by atoms with Gasteiger partial charge in [-0.3, -0.25) is 0 Å². The Morgan fingerprint density at radius 1 is 1.29 bits per heavy atom. The van der Waals surface area contributed by atoms with Crippen molar-refractivity contribution in [2.45, 2.75) is 5.92 Å². The summed E-state index contributed by atoms with van der Waals surface area (Å²) in [5.74, 6) is 0.391. The summed E-state index contributed by atoms with van der Waals surface area (Å²) in [7, 11) is 4.11. The fraction of sp³-hybridized carbons (Fsp3) is 0.455. The molecule has 1 atom stereocenters. The van der Waals surface area contributed by atoms with Gasteiger partial charge in [0.15, 0.2) is 0 Å². The largest absolute Gasteiger partial charge is 0.330 e. The summed E-state index contributed by atoms with van der Waals surface area (Å²) in [6.07, 6.45) is 0. The van der Waals surface area contributed by atoms with E-state index in [1.807, 2.05) is 24.3 Å². The van der Waals surface area contributed by atoms with Crippen LogP contribution in [-0.2, 0) is 0 Å². The van der Waals surface area contributed by atoms with Crippen molar-refractivity contribution in [3.8, 4) is 0 Å². The molecule has 1 rings (SSSR count). The van der Waals surface area contributed by atoms with Crippen LogP contribution in [0.1, 0.15) is 11.5 Å². The van der Waals surface area contributed by atoms with E-state index in [0.29, 0.717) is 12.5 Å². The molecule has 0 saturated heterocycles. The Hall–Kier alpha value is -0.570. The van der Waals surface area contributed by atoms with Crippen LogP contribution in [-0.4, -0.2) is 32.1 Å². The molecule has 0 aromatic heterocycles. The summed E-state index contributed by atoms with van der Waals surface area (Å²) in [4.78, 5) is 2.14. The van der Waals surface area contributed by atoms with Crippen LogP contribution in [0.3, 0.4) is 0 Å². The van der Waals surface area contributed by atoms with Crippen LogP contribution < -0.4 is 5.73 Å². The predicted octanol–water partition coefficient (Wildman–Crippen LogP) is 1.94. The number of nitrogens with zero attached hydrogens (tertiary/aromatic N) is 1. The number of nitrogens with two attached hydrogens (primary N) is 1. The highest BCUT2D eigenvalue weighted by Crippen LogP contribution is 2.18. The lowest BCUT2D eigenvalue weighted by atomic mass is 9.99.